The summed E-state index contributed by atoms with van der Waals surface area (Å²) in [5.41, 5.74) is 10.6. The van der Waals surface area contributed by atoms with Crippen molar-refractivity contribution in [2.75, 3.05) is 37.3 Å². The number of anilines is 2. The second kappa shape index (κ2) is 11.7. The Morgan fingerprint density at radius 2 is 1.71 bits per heavy atom. The van der Waals surface area contributed by atoms with Gasteiger partial charge in [-0.2, -0.15) is 13.2 Å². The van der Waals surface area contributed by atoms with Crippen molar-refractivity contribution >= 4 is 35.0 Å². The van der Waals surface area contributed by atoms with Crippen molar-refractivity contribution in [1.29, 1.82) is 0 Å². The Kier molecular flexibility index (Phi) is 9.04. The molecular weight excluding hydrogens is 523 g/mol. The number of carbonyl (C=O) groups is 2. The van der Waals surface area contributed by atoms with Gasteiger partial charge in [-0.3, -0.25) is 20.5 Å². The Morgan fingerprint density at radius 3 is 2.29 bits per heavy atom. The van der Waals surface area contributed by atoms with E-state index in [1.807, 2.05) is 6.92 Å². The first-order valence-corrected chi connectivity index (χ1v) is 12.6. The van der Waals surface area contributed by atoms with E-state index in [1.54, 1.807) is 43.9 Å². The molecule has 1 saturated heterocycles. The van der Waals surface area contributed by atoms with E-state index < -0.39 is 29.3 Å². The minimum absolute atomic E-state index is 0.0380. The number of ether oxygens (including phenoxy) is 1. The molecule has 1 aliphatic rings. The Labute approximate surface area is 225 Å². The molecule has 3 rings (SSSR count). The number of rotatable bonds is 6. The van der Waals surface area contributed by atoms with Crippen LogP contribution in [0, 0.1) is 0 Å². The molecule has 0 aromatic heterocycles. The number of piperazine rings is 1. The Balaban J connectivity index is 1.73. The number of hydrogen-bond donors (Lipinski definition) is 3. The summed E-state index contributed by atoms with van der Waals surface area (Å²) in [5, 5.41) is 0.439. The van der Waals surface area contributed by atoms with Crippen LogP contribution >= 0.6 is 11.6 Å². The van der Waals surface area contributed by atoms with Crippen LogP contribution in [0.25, 0.3) is 0 Å². The number of nitrogen functional groups attached to an aromatic ring is 1. The molecule has 12 heteroatoms. The van der Waals surface area contributed by atoms with E-state index in [-0.39, 0.29) is 23.4 Å². The maximum Gasteiger partial charge on any atom is 0.416 e. The predicted octanol–water partition coefficient (Wildman–Crippen LogP) is 5.31. The van der Waals surface area contributed by atoms with E-state index in [4.69, 9.17) is 22.1 Å². The molecule has 0 atom stereocenters. The van der Waals surface area contributed by atoms with Gasteiger partial charge in [0.2, 0.25) is 0 Å². The van der Waals surface area contributed by atoms with Crippen LogP contribution in [0.15, 0.2) is 30.3 Å². The highest BCUT2D eigenvalue weighted by Crippen LogP contribution is 2.35. The lowest BCUT2D eigenvalue weighted by atomic mass is 10.00. The first kappa shape index (κ1) is 29.4. The van der Waals surface area contributed by atoms with Crippen LogP contribution in [-0.2, 0) is 23.9 Å². The Hall–Kier alpha value is -3.18. The largest absolute Gasteiger partial charge is 0.444 e. The number of benzene rings is 2. The molecule has 0 spiro atoms. The van der Waals surface area contributed by atoms with Crippen LogP contribution < -0.4 is 16.6 Å². The molecule has 8 nitrogen and oxygen atoms in total. The summed E-state index contributed by atoms with van der Waals surface area (Å²) in [6, 6.07) is 7.06. The monoisotopic (exact) mass is 555 g/mol. The molecule has 1 aliphatic heterocycles. The molecule has 2 aromatic rings. The van der Waals surface area contributed by atoms with Crippen molar-refractivity contribution in [2.24, 2.45) is 0 Å². The molecular formula is C26H33ClF3N5O3. The van der Waals surface area contributed by atoms with Gasteiger partial charge in [-0.05, 0) is 62.6 Å². The number of nitrogens with zero attached hydrogens (tertiary/aromatic N) is 2. The van der Waals surface area contributed by atoms with Gasteiger partial charge >= 0.3 is 12.3 Å². The van der Waals surface area contributed by atoms with Gasteiger partial charge in [-0.1, -0.05) is 24.6 Å². The van der Waals surface area contributed by atoms with Crippen molar-refractivity contribution in [3.05, 3.63) is 57.6 Å². The lowest BCUT2D eigenvalue weighted by Crippen LogP contribution is -2.49. The van der Waals surface area contributed by atoms with Gasteiger partial charge in [-0.25, -0.2) is 4.79 Å². The van der Waals surface area contributed by atoms with Crippen molar-refractivity contribution < 1.29 is 27.5 Å². The molecule has 2 aromatic carbocycles. The number of hydrogen-bond acceptors (Lipinski definition) is 6. The molecule has 0 unspecified atom stereocenters. The van der Waals surface area contributed by atoms with Gasteiger partial charge < -0.3 is 15.4 Å². The number of carbonyl (C=O) groups excluding carboxylic acids is 2. The highest BCUT2D eigenvalue weighted by atomic mass is 35.5. The maximum absolute atomic E-state index is 14.0. The lowest BCUT2D eigenvalue weighted by molar-refractivity contribution is -0.138. The number of aryl methyl sites for hydroxylation is 1. The Bertz CT molecular complexity index is 1180. The average molecular weight is 556 g/mol. The van der Waals surface area contributed by atoms with E-state index in [0.29, 0.717) is 43.3 Å². The lowest BCUT2D eigenvalue weighted by Gasteiger charge is -2.36. The third kappa shape index (κ3) is 7.67. The summed E-state index contributed by atoms with van der Waals surface area (Å²) >= 11 is 6.02. The molecule has 2 amide bonds. The number of amides is 2. The highest BCUT2D eigenvalue weighted by molar-refractivity contribution is 6.30. The molecule has 0 saturated carbocycles. The third-order valence-corrected chi connectivity index (χ3v) is 6.24. The van der Waals surface area contributed by atoms with Crippen molar-refractivity contribution in [2.45, 2.75) is 52.4 Å². The van der Waals surface area contributed by atoms with E-state index in [2.05, 4.69) is 10.9 Å². The standard InChI is InChI=1S/C26H33ClF3N5O3/c1-5-16-6-7-18(27)13-22(16)32-33-23(36)19-14-20(26(28,29)30)17(12-21(19)31)15-34-8-10-35(11-9-34)24(37)38-25(2,3)4/h6-7,12-14,32H,5,8-11,15,31H2,1-4H3,(H,33,36). The zero-order valence-electron chi connectivity index (χ0n) is 21.8. The van der Waals surface area contributed by atoms with Gasteiger partial charge in [-0.15, -0.1) is 0 Å². The van der Waals surface area contributed by atoms with Crippen LogP contribution in [-0.4, -0.2) is 53.6 Å². The summed E-state index contributed by atoms with van der Waals surface area (Å²) < 4.78 is 47.4. The number of nitrogens with two attached hydrogens (primary N) is 1. The molecule has 0 bridgehead atoms. The molecule has 0 aliphatic carbocycles. The zero-order chi connectivity index (χ0) is 28.3. The second-order valence-corrected chi connectivity index (χ2v) is 10.5. The van der Waals surface area contributed by atoms with Gasteiger partial charge in [0.25, 0.3) is 5.91 Å². The van der Waals surface area contributed by atoms with Crippen LogP contribution in [0.2, 0.25) is 5.02 Å². The van der Waals surface area contributed by atoms with Crippen LogP contribution in [0.4, 0.5) is 29.3 Å². The smallest absolute Gasteiger partial charge is 0.416 e. The van der Waals surface area contributed by atoms with E-state index in [1.165, 1.54) is 11.0 Å². The number of hydrazine groups is 1. The predicted molar refractivity (Wildman–Crippen MR) is 141 cm³/mol. The van der Waals surface area contributed by atoms with Gasteiger partial charge in [0, 0.05) is 43.4 Å². The van der Waals surface area contributed by atoms with Crippen molar-refractivity contribution in [3.8, 4) is 0 Å². The molecule has 4 N–H and O–H groups in total. The van der Waals surface area contributed by atoms with Gasteiger partial charge in [0.1, 0.15) is 5.60 Å². The normalized spacial score (nSPS) is 14.8. The fourth-order valence-corrected chi connectivity index (χ4v) is 4.25. The van der Waals surface area contributed by atoms with Gasteiger partial charge in [0.15, 0.2) is 0 Å². The summed E-state index contributed by atoms with van der Waals surface area (Å²) in [7, 11) is 0. The first-order chi connectivity index (χ1) is 17.7. The SMILES string of the molecule is CCc1ccc(Cl)cc1NNC(=O)c1cc(C(F)(F)F)c(CN2CCN(C(=O)OC(C)(C)C)CC2)cc1N. The molecule has 0 radical (unpaired) electrons. The molecule has 1 heterocycles. The van der Waals surface area contributed by atoms with E-state index >= 15 is 0 Å². The Morgan fingerprint density at radius 1 is 1.05 bits per heavy atom. The van der Waals surface area contributed by atoms with E-state index in [9.17, 15) is 22.8 Å². The summed E-state index contributed by atoms with van der Waals surface area (Å²) in [4.78, 5) is 28.4. The molecule has 38 heavy (non-hydrogen) atoms. The third-order valence-electron chi connectivity index (χ3n) is 6.01. The number of alkyl halides is 3. The topological polar surface area (TPSA) is 99.9 Å². The number of halogens is 4. The summed E-state index contributed by atoms with van der Waals surface area (Å²) in [6.45, 7) is 8.55. The average Bonchev–Trinajstić information content (AvgIpc) is 2.81. The molecule has 208 valence electrons. The molecule has 1 fully saturated rings. The zero-order valence-corrected chi connectivity index (χ0v) is 22.6. The van der Waals surface area contributed by atoms with Crippen LogP contribution in [0.1, 0.15) is 54.7 Å². The first-order valence-electron chi connectivity index (χ1n) is 12.2. The maximum atomic E-state index is 14.0. The quantitative estimate of drug-likeness (QED) is 0.330. The fraction of sp³-hybridized carbons (Fsp3) is 0.462. The van der Waals surface area contributed by atoms with Crippen molar-refractivity contribution in [3.63, 3.8) is 0 Å². The van der Waals surface area contributed by atoms with Crippen LogP contribution in [0.5, 0.6) is 0 Å². The summed E-state index contributed by atoms with van der Waals surface area (Å²) in [5.74, 6) is -0.812. The minimum Gasteiger partial charge on any atom is -0.444 e. The highest BCUT2D eigenvalue weighted by Gasteiger charge is 2.36. The van der Waals surface area contributed by atoms with Crippen LogP contribution in [0.3, 0.4) is 0 Å². The summed E-state index contributed by atoms with van der Waals surface area (Å²) in [6.07, 6.45) is -4.51. The number of nitrogens with one attached hydrogen (secondary N) is 2. The second-order valence-electron chi connectivity index (χ2n) is 10.1. The van der Waals surface area contributed by atoms with Gasteiger partial charge in [0.05, 0.1) is 16.8 Å². The van der Waals surface area contributed by atoms with Crippen molar-refractivity contribution in [1.82, 2.24) is 15.2 Å². The minimum atomic E-state index is -4.70. The van der Waals surface area contributed by atoms with E-state index in [0.717, 1.165) is 11.6 Å². The fourth-order valence-electron chi connectivity index (χ4n) is 4.08.